The Morgan fingerprint density at radius 1 is 1.29 bits per heavy atom. The SMILES string of the molecule is CC(c1ccccc1)n1cncc1C(=O)OC1CCCC1. The number of nitrogens with zero attached hydrogens (tertiary/aromatic N) is 2. The first kappa shape index (κ1) is 13.9. The van der Waals surface area contributed by atoms with Crippen molar-refractivity contribution in [3.63, 3.8) is 0 Å². The first-order valence-electron chi connectivity index (χ1n) is 7.53. The van der Waals surface area contributed by atoms with Gasteiger partial charge in [0.05, 0.1) is 18.6 Å². The lowest BCUT2D eigenvalue weighted by atomic mass is 10.1. The van der Waals surface area contributed by atoms with Crippen molar-refractivity contribution in [1.29, 1.82) is 0 Å². The Bertz CT molecular complexity index is 600. The molecule has 0 spiro atoms. The third kappa shape index (κ3) is 2.99. The predicted octanol–water partition coefficient (Wildman–Crippen LogP) is 3.59. The van der Waals surface area contributed by atoms with Crippen LogP contribution < -0.4 is 0 Å². The Balaban J connectivity index is 1.78. The van der Waals surface area contributed by atoms with Gasteiger partial charge >= 0.3 is 5.97 Å². The van der Waals surface area contributed by atoms with E-state index in [1.54, 1.807) is 12.5 Å². The third-order valence-electron chi connectivity index (χ3n) is 4.15. The molecule has 2 aromatic rings. The topological polar surface area (TPSA) is 44.1 Å². The van der Waals surface area contributed by atoms with E-state index in [2.05, 4.69) is 24.0 Å². The van der Waals surface area contributed by atoms with Crippen molar-refractivity contribution in [1.82, 2.24) is 9.55 Å². The summed E-state index contributed by atoms with van der Waals surface area (Å²) < 4.78 is 7.46. The number of carbonyl (C=O) groups excluding carboxylic acids is 1. The zero-order valence-electron chi connectivity index (χ0n) is 12.2. The van der Waals surface area contributed by atoms with Crippen LogP contribution in [0, 0.1) is 0 Å². The molecule has 3 rings (SSSR count). The quantitative estimate of drug-likeness (QED) is 0.806. The second kappa shape index (κ2) is 6.12. The summed E-state index contributed by atoms with van der Waals surface area (Å²) in [6, 6.07) is 10.1. The molecule has 0 radical (unpaired) electrons. The molecule has 1 aliphatic carbocycles. The molecule has 1 aromatic heterocycles. The van der Waals surface area contributed by atoms with E-state index in [1.807, 2.05) is 22.8 Å². The standard InChI is InChI=1S/C17H20N2O2/c1-13(14-7-3-2-4-8-14)19-12-18-11-16(19)17(20)21-15-9-5-6-10-15/h2-4,7-8,11-13,15H,5-6,9-10H2,1H3. The number of ether oxygens (including phenoxy) is 1. The van der Waals surface area contributed by atoms with Crippen LogP contribution in [0.25, 0.3) is 0 Å². The van der Waals surface area contributed by atoms with Crippen LogP contribution in [0.2, 0.25) is 0 Å². The molecule has 1 fully saturated rings. The van der Waals surface area contributed by atoms with Crippen molar-refractivity contribution in [2.75, 3.05) is 0 Å². The number of rotatable bonds is 4. The first-order chi connectivity index (χ1) is 10.3. The summed E-state index contributed by atoms with van der Waals surface area (Å²) in [5.74, 6) is -0.262. The average molecular weight is 284 g/mol. The fraction of sp³-hybridized carbons (Fsp3) is 0.412. The Kier molecular flexibility index (Phi) is 4.04. The molecule has 1 atom stereocenters. The summed E-state index contributed by atoms with van der Waals surface area (Å²) in [5, 5.41) is 0. The number of imidazole rings is 1. The first-order valence-corrected chi connectivity index (χ1v) is 7.53. The highest BCUT2D eigenvalue weighted by Gasteiger charge is 2.23. The molecule has 0 amide bonds. The number of esters is 1. The van der Waals surface area contributed by atoms with Crippen molar-refractivity contribution in [3.8, 4) is 0 Å². The maximum Gasteiger partial charge on any atom is 0.356 e. The Morgan fingerprint density at radius 2 is 2.00 bits per heavy atom. The number of benzene rings is 1. The maximum atomic E-state index is 12.3. The smallest absolute Gasteiger partial charge is 0.356 e. The lowest BCUT2D eigenvalue weighted by Gasteiger charge is -2.17. The van der Waals surface area contributed by atoms with Crippen LogP contribution in [0.3, 0.4) is 0 Å². The maximum absolute atomic E-state index is 12.3. The Morgan fingerprint density at radius 3 is 2.71 bits per heavy atom. The molecule has 1 aliphatic rings. The summed E-state index contributed by atoms with van der Waals surface area (Å²) in [7, 11) is 0. The fourth-order valence-electron chi connectivity index (χ4n) is 2.88. The van der Waals surface area contributed by atoms with Crippen LogP contribution in [0.1, 0.15) is 54.7 Å². The summed E-state index contributed by atoms with van der Waals surface area (Å²) in [6.07, 6.45) is 7.63. The molecule has 0 bridgehead atoms. The van der Waals surface area contributed by atoms with Gasteiger partial charge in [0.15, 0.2) is 0 Å². The second-order valence-corrected chi connectivity index (χ2v) is 5.58. The van der Waals surface area contributed by atoms with E-state index in [-0.39, 0.29) is 18.1 Å². The zero-order chi connectivity index (χ0) is 14.7. The van der Waals surface area contributed by atoms with E-state index in [0.29, 0.717) is 5.69 Å². The van der Waals surface area contributed by atoms with Gasteiger partial charge in [0, 0.05) is 0 Å². The molecule has 4 heteroatoms. The molecule has 1 heterocycles. The van der Waals surface area contributed by atoms with Crippen LogP contribution in [0.4, 0.5) is 0 Å². The largest absolute Gasteiger partial charge is 0.458 e. The summed E-state index contributed by atoms with van der Waals surface area (Å²) in [4.78, 5) is 16.5. The molecule has 0 aliphatic heterocycles. The fourth-order valence-corrected chi connectivity index (χ4v) is 2.88. The van der Waals surface area contributed by atoms with Gasteiger partial charge in [-0.3, -0.25) is 0 Å². The molecule has 0 saturated heterocycles. The number of aromatic nitrogens is 2. The van der Waals surface area contributed by atoms with E-state index in [0.717, 1.165) is 31.2 Å². The molecule has 1 aromatic carbocycles. The number of hydrogen-bond donors (Lipinski definition) is 0. The molecule has 1 unspecified atom stereocenters. The van der Waals surface area contributed by atoms with E-state index in [1.165, 1.54) is 0 Å². The minimum Gasteiger partial charge on any atom is -0.458 e. The van der Waals surface area contributed by atoms with Crippen LogP contribution >= 0.6 is 0 Å². The lowest BCUT2D eigenvalue weighted by molar-refractivity contribution is 0.0304. The van der Waals surface area contributed by atoms with Gasteiger partial charge in [-0.2, -0.15) is 0 Å². The minimum absolute atomic E-state index is 0.0554. The molecular weight excluding hydrogens is 264 g/mol. The van der Waals surface area contributed by atoms with Crippen molar-refractivity contribution in [3.05, 3.63) is 54.1 Å². The van der Waals surface area contributed by atoms with Crippen molar-refractivity contribution >= 4 is 5.97 Å². The highest BCUT2D eigenvalue weighted by molar-refractivity contribution is 5.87. The molecule has 0 N–H and O–H groups in total. The monoisotopic (exact) mass is 284 g/mol. The number of hydrogen-bond acceptors (Lipinski definition) is 3. The van der Waals surface area contributed by atoms with Crippen molar-refractivity contribution in [2.24, 2.45) is 0 Å². The molecule has 110 valence electrons. The molecule has 4 nitrogen and oxygen atoms in total. The van der Waals surface area contributed by atoms with E-state index < -0.39 is 0 Å². The van der Waals surface area contributed by atoms with Gasteiger partial charge in [-0.25, -0.2) is 9.78 Å². The van der Waals surface area contributed by atoms with Crippen LogP contribution in [0.5, 0.6) is 0 Å². The zero-order valence-corrected chi connectivity index (χ0v) is 12.2. The van der Waals surface area contributed by atoms with Crippen molar-refractivity contribution in [2.45, 2.75) is 44.8 Å². The Labute approximate surface area is 124 Å². The second-order valence-electron chi connectivity index (χ2n) is 5.58. The normalized spacial score (nSPS) is 16.8. The lowest BCUT2D eigenvalue weighted by Crippen LogP contribution is -2.19. The summed E-state index contributed by atoms with van der Waals surface area (Å²) in [5.41, 5.74) is 1.67. The van der Waals surface area contributed by atoms with Gasteiger partial charge < -0.3 is 9.30 Å². The van der Waals surface area contributed by atoms with E-state index >= 15 is 0 Å². The van der Waals surface area contributed by atoms with E-state index in [4.69, 9.17) is 4.74 Å². The summed E-state index contributed by atoms with van der Waals surface area (Å²) >= 11 is 0. The average Bonchev–Trinajstić information content (AvgIpc) is 3.18. The van der Waals surface area contributed by atoms with Gasteiger partial charge in [0.25, 0.3) is 0 Å². The van der Waals surface area contributed by atoms with Crippen LogP contribution in [0.15, 0.2) is 42.9 Å². The molecular formula is C17H20N2O2. The van der Waals surface area contributed by atoms with Gasteiger partial charge in [-0.15, -0.1) is 0 Å². The summed E-state index contributed by atoms with van der Waals surface area (Å²) in [6.45, 7) is 2.06. The minimum atomic E-state index is -0.262. The molecule has 1 saturated carbocycles. The Hall–Kier alpha value is -2.10. The van der Waals surface area contributed by atoms with Gasteiger partial charge in [0.2, 0.25) is 0 Å². The van der Waals surface area contributed by atoms with Crippen LogP contribution in [-0.4, -0.2) is 21.6 Å². The van der Waals surface area contributed by atoms with Crippen LogP contribution in [-0.2, 0) is 4.74 Å². The van der Waals surface area contributed by atoms with Gasteiger partial charge in [-0.05, 0) is 38.2 Å². The van der Waals surface area contributed by atoms with Gasteiger partial charge in [-0.1, -0.05) is 30.3 Å². The molecule has 21 heavy (non-hydrogen) atoms. The highest BCUT2D eigenvalue weighted by atomic mass is 16.5. The predicted molar refractivity (Wildman–Crippen MR) is 80.2 cm³/mol. The van der Waals surface area contributed by atoms with E-state index in [9.17, 15) is 4.79 Å². The highest BCUT2D eigenvalue weighted by Crippen LogP contribution is 2.24. The van der Waals surface area contributed by atoms with Crippen molar-refractivity contribution < 1.29 is 9.53 Å². The third-order valence-corrected chi connectivity index (χ3v) is 4.15. The van der Waals surface area contributed by atoms with Gasteiger partial charge in [0.1, 0.15) is 11.8 Å². The number of carbonyl (C=O) groups is 1.